The van der Waals surface area contributed by atoms with Crippen LogP contribution < -0.4 is 0 Å². The van der Waals surface area contributed by atoms with Gasteiger partial charge in [-0.2, -0.15) is 0 Å². The van der Waals surface area contributed by atoms with Crippen LogP contribution in [0, 0.1) is 0 Å². The second-order valence-electron chi connectivity index (χ2n) is 11.0. The number of nitrogens with zero attached hydrogens (tertiary/aromatic N) is 3. The number of aromatic hydroxyl groups is 1. The Morgan fingerprint density at radius 1 is 0.921 bits per heavy atom. The first kappa shape index (κ1) is 26.4. The minimum atomic E-state index is -0.747. The Labute approximate surface area is 226 Å². The molecule has 2 heterocycles. The molecule has 0 aliphatic carbocycles. The van der Waals surface area contributed by atoms with Gasteiger partial charge in [-0.15, -0.1) is 0 Å². The van der Waals surface area contributed by atoms with Crippen molar-refractivity contribution in [1.82, 2.24) is 14.7 Å². The Morgan fingerprint density at radius 2 is 1.71 bits per heavy atom. The summed E-state index contributed by atoms with van der Waals surface area (Å²) in [6.45, 7) is 9.72. The minimum absolute atomic E-state index is 0.0260. The number of fused-ring (bicyclic) bond motifs is 1. The van der Waals surface area contributed by atoms with E-state index in [0.717, 1.165) is 44.7 Å². The Hall–Kier alpha value is -3.19. The van der Waals surface area contributed by atoms with Crippen LogP contribution in [0.25, 0.3) is 0 Å². The third kappa shape index (κ3) is 6.09. The number of phenolic OH excluding ortho intramolecular Hbond substituents is 1. The molecular weight excluding hydrogens is 474 g/mol. The Balaban J connectivity index is 1.42. The number of hydrogen-bond donors (Lipinski definition) is 2. The predicted molar refractivity (Wildman–Crippen MR) is 150 cm³/mol. The summed E-state index contributed by atoms with van der Waals surface area (Å²) >= 11 is 0. The van der Waals surface area contributed by atoms with Gasteiger partial charge in [0.15, 0.2) is 0 Å². The van der Waals surface area contributed by atoms with Crippen molar-refractivity contribution in [2.75, 3.05) is 26.2 Å². The maximum Gasteiger partial charge on any atom is 0.304 e. The van der Waals surface area contributed by atoms with Gasteiger partial charge in [-0.05, 0) is 60.2 Å². The van der Waals surface area contributed by atoms with Crippen molar-refractivity contribution in [3.8, 4) is 5.75 Å². The van der Waals surface area contributed by atoms with E-state index in [1.165, 1.54) is 22.3 Å². The van der Waals surface area contributed by atoms with Crippen LogP contribution in [0.5, 0.6) is 5.75 Å². The number of benzene rings is 3. The third-order valence-electron chi connectivity index (χ3n) is 8.19. The molecule has 3 aromatic carbocycles. The van der Waals surface area contributed by atoms with E-state index in [4.69, 9.17) is 5.11 Å². The molecule has 0 amide bonds. The fourth-order valence-electron chi connectivity index (χ4n) is 6.14. The van der Waals surface area contributed by atoms with Crippen LogP contribution >= 0.6 is 0 Å². The maximum absolute atomic E-state index is 11.1. The summed E-state index contributed by atoms with van der Waals surface area (Å²) in [4.78, 5) is 18.5. The number of carboxylic acid groups (broad SMARTS) is 1. The van der Waals surface area contributed by atoms with E-state index in [9.17, 15) is 9.90 Å². The van der Waals surface area contributed by atoms with Crippen LogP contribution in [-0.2, 0) is 24.3 Å². The molecule has 3 aromatic rings. The number of piperazine rings is 1. The molecule has 2 aliphatic heterocycles. The van der Waals surface area contributed by atoms with Crippen molar-refractivity contribution in [2.45, 2.75) is 57.9 Å². The zero-order chi connectivity index (χ0) is 26.6. The first-order valence-electron chi connectivity index (χ1n) is 13.8. The van der Waals surface area contributed by atoms with Crippen molar-refractivity contribution < 1.29 is 15.0 Å². The largest absolute Gasteiger partial charge is 0.508 e. The van der Waals surface area contributed by atoms with Gasteiger partial charge in [-0.3, -0.25) is 19.5 Å². The SMILES string of the molecule is C[C@@H]1CN([C@@H](c2cccc(O)c2)c2ccc3c(c2)CN(CCC(=O)O)CC3)[C@@H](C)CN1Cc1ccccc1. The lowest BCUT2D eigenvalue weighted by molar-refractivity contribution is -0.137. The molecule has 2 aliphatic rings. The molecule has 38 heavy (non-hydrogen) atoms. The Morgan fingerprint density at radius 3 is 2.47 bits per heavy atom. The molecule has 200 valence electrons. The standard InChI is InChI=1S/C32H39N3O3/c1-23-20-35(24(2)19-34(23)21-25-7-4-3-5-8-25)32(27-9-6-10-30(36)18-27)28-12-11-26-13-15-33(16-14-31(37)38)22-29(26)17-28/h3-12,17-18,23-24,32,36H,13-16,19-22H2,1-2H3,(H,37,38)/t23-,24+,32+/m1/s1. The molecule has 2 N–H and O–H groups in total. The van der Waals surface area contributed by atoms with Crippen LogP contribution in [0.3, 0.4) is 0 Å². The normalized spacial score (nSPS) is 21.6. The van der Waals surface area contributed by atoms with Gasteiger partial charge in [-0.1, -0.05) is 60.7 Å². The molecule has 1 fully saturated rings. The summed E-state index contributed by atoms with van der Waals surface area (Å²) in [7, 11) is 0. The highest BCUT2D eigenvalue weighted by Crippen LogP contribution is 2.36. The summed E-state index contributed by atoms with van der Waals surface area (Å²) in [5, 5.41) is 19.5. The molecular formula is C32H39N3O3. The zero-order valence-corrected chi connectivity index (χ0v) is 22.5. The van der Waals surface area contributed by atoms with Crippen molar-refractivity contribution >= 4 is 5.97 Å². The summed E-state index contributed by atoms with van der Waals surface area (Å²) in [5.74, 6) is -0.461. The van der Waals surface area contributed by atoms with E-state index in [-0.39, 0.29) is 18.2 Å². The quantitative estimate of drug-likeness (QED) is 0.446. The van der Waals surface area contributed by atoms with Gasteiger partial charge < -0.3 is 10.2 Å². The van der Waals surface area contributed by atoms with Crippen LogP contribution in [0.2, 0.25) is 0 Å². The lowest BCUT2D eigenvalue weighted by Crippen LogP contribution is -2.56. The number of phenols is 1. The van der Waals surface area contributed by atoms with Gasteiger partial charge in [0.05, 0.1) is 12.5 Å². The van der Waals surface area contributed by atoms with E-state index < -0.39 is 5.97 Å². The fraction of sp³-hybridized carbons (Fsp3) is 0.406. The zero-order valence-electron chi connectivity index (χ0n) is 22.5. The summed E-state index contributed by atoms with van der Waals surface area (Å²) in [6.07, 6.45) is 1.11. The van der Waals surface area contributed by atoms with Gasteiger partial charge in [0.2, 0.25) is 0 Å². The maximum atomic E-state index is 11.1. The predicted octanol–water partition coefficient (Wildman–Crippen LogP) is 4.91. The van der Waals surface area contributed by atoms with Gasteiger partial charge in [0, 0.05) is 51.4 Å². The minimum Gasteiger partial charge on any atom is -0.508 e. The van der Waals surface area contributed by atoms with Crippen LogP contribution in [0.15, 0.2) is 72.8 Å². The average Bonchev–Trinajstić information content (AvgIpc) is 2.91. The monoisotopic (exact) mass is 513 g/mol. The van der Waals surface area contributed by atoms with Crippen LogP contribution in [-0.4, -0.2) is 69.1 Å². The molecule has 0 unspecified atom stereocenters. The molecule has 0 bridgehead atoms. The molecule has 3 atom stereocenters. The smallest absolute Gasteiger partial charge is 0.304 e. The lowest BCUT2D eigenvalue weighted by Gasteiger charge is -2.48. The number of rotatable bonds is 8. The van der Waals surface area contributed by atoms with E-state index in [1.54, 1.807) is 6.07 Å². The molecule has 0 radical (unpaired) electrons. The van der Waals surface area contributed by atoms with E-state index in [2.05, 4.69) is 83.1 Å². The van der Waals surface area contributed by atoms with Crippen LogP contribution in [0.4, 0.5) is 0 Å². The third-order valence-corrected chi connectivity index (χ3v) is 8.19. The number of hydrogen-bond acceptors (Lipinski definition) is 5. The summed E-state index contributed by atoms with van der Waals surface area (Å²) < 4.78 is 0. The van der Waals surface area contributed by atoms with E-state index >= 15 is 0 Å². The second-order valence-corrected chi connectivity index (χ2v) is 11.0. The molecule has 0 saturated carbocycles. The molecule has 1 saturated heterocycles. The van der Waals surface area contributed by atoms with Crippen LogP contribution in [0.1, 0.15) is 54.1 Å². The van der Waals surface area contributed by atoms with Crippen molar-refractivity contribution in [2.24, 2.45) is 0 Å². The number of carbonyl (C=O) groups is 1. The highest BCUT2D eigenvalue weighted by molar-refractivity contribution is 5.66. The highest BCUT2D eigenvalue weighted by Gasteiger charge is 2.35. The molecule has 5 rings (SSSR count). The first-order chi connectivity index (χ1) is 18.4. The Kier molecular flexibility index (Phi) is 8.12. The summed E-state index contributed by atoms with van der Waals surface area (Å²) in [5.41, 5.74) is 6.30. The first-order valence-corrected chi connectivity index (χ1v) is 13.8. The van der Waals surface area contributed by atoms with Gasteiger partial charge in [0.1, 0.15) is 5.75 Å². The number of carboxylic acids is 1. The molecule has 0 aromatic heterocycles. The number of aliphatic carboxylic acids is 1. The molecule has 6 nitrogen and oxygen atoms in total. The van der Waals surface area contributed by atoms with Gasteiger partial charge >= 0.3 is 5.97 Å². The highest BCUT2D eigenvalue weighted by atomic mass is 16.4. The van der Waals surface area contributed by atoms with E-state index in [0.29, 0.717) is 18.6 Å². The molecule has 0 spiro atoms. The summed E-state index contributed by atoms with van der Waals surface area (Å²) in [6, 6.07) is 25.9. The van der Waals surface area contributed by atoms with Crippen molar-refractivity contribution in [3.05, 3.63) is 101 Å². The Bertz CT molecular complexity index is 1250. The van der Waals surface area contributed by atoms with Crippen molar-refractivity contribution in [3.63, 3.8) is 0 Å². The second kappa shape index (κ2) is 11.7. The average molecular weight is 514 g/mol. The van der Waals surface area contributed by atoms with E-state index in [1.807, 2.05) is 12.1 Å². The topological polar surface area (TPSA) is 67.2 Å². The van der Waals surface area contributed by atoms with Gasteiger partial charge in [0.25, 0.3) is 0 Å². The van der Waals surface area contributed by atoms with Crippen molar-refractivity contribution in [1.29, 1.82) is 0 Å². The lowest BCUT2D eigenvalue weighted by atomic mass is 9.89. The fourth-order valence-corrected chi connectivity index (χ4v) is 6.14. The molecule has 6 heteroatoms. The van der Waals surface area contributed by atoms with Gasteiger partial charge in [-0.25, -0.2) is 0 Å².